The zero-order chi connectivity index (χ0) is 10.6. The summed E-state index contributed by atoms with van der Waals surface area (Å²) < 4.78 is 4.85. The number of nitrogens with two attached hydrogens (primary N) is 1. The first-order valence-corrected chi connectivity index (χ1v) is 3.75. The molecule has 0 aliphatic carbocycles. The molecule has 6 heteroatoms. The van der Waals surface area contributed by atoms with Crippen LogP contribution >= 0.6 is 0 Å². The minimum Gasteiger partial charge on any atom is -0.480 e. The summed E-state index contributed by atoms with van der Waals surface area (Å²) >= 11 is 0. The lowest BCUT2D eigenvalue weighted by molar-refractivity contribution is -0.134. The molecule has 0 saturated heterocycles. The van der Waals surface area contributed by atoms with E-state index in [1.54, 1.807) is 12.1 Å². The van der Waals surface area contributed by atoms with Crippen molar-refractivity contribution in [3.63, 3.8) is 0 Å². The standard InChI is InChI=1S/C8H9N3O3/c1-14-8-5(3-2-4-10-8)11-7(13)6(9)12/h2-4H,1H3,(H2,9,12)(H,11,13). The Bertz CT molecular complexity index is 365. The van der Waals surface area contributed by atoms with E-state index in [1.807, 2.05) is 0 Å². The molecule has 2 amide bonds. The van der Waals surface area contributed by atoms with Crippen molar-refractivity contribution < 1.29 is 14.3 Å². The number of pyridine rings is 1. The third-order valence-electron chi connectivity index (χ3n) is 1.44. The van der Waals surface area contributed by atoms with Gasteiger partial charge in [-0.2, -0.15) is 0 Å². The van der Waals surface area contributed by atoms with Gasteiger partial charge in [0.25, 0.3) is 0 Å². The number of carbonyl (C=O) groups excluding carboxylic acids is 2. The van der Waals surface area contributed by atoms with Crippen LogP contribution in [-0.2, 0) is 9.59 Å². The minimum atomic E-state index is -1.06. The first-order valence-electron chi connectivity index (χ1n) is 3.75. The molecule has 0 fully saturated rings. The van der Waals surface area contributed by atoms with Gasteiger partial charge in [-0.05, 0) is 12.1 Å². The van der Waals surface area contributed by atoms with Crippen LogP contribution in [0.1, 0.15) is 0 Å². The molecule has 3 N–H and O–H groups in total. The highest BCUT2D eigenvalue weighted by molar-refractivity contribution is 6.39. The van der Waals surface area contributed by atoms with Crippen molar-refractivity contribution in [2.45, 2.75) is 0 Å². The lowest BCUT2D eigenvalue weighted by Crippen LogP contribution is -2.29. The molecule has 74 valence electrons. The van der Waals surface area contributed by atoms with Gasteiger partial charge in [0, 0.05) is 6.20 Å². The molecule has 0 saturated carbocycles. The summed E-state index contributed by atoms with van der Waals surface area (Å²) in [5.41, 5.74) is 5.07. The van der Waals surface area contributed by atoms with Gasteiger partial charge in [0.15, 0.2) is 0 Å². The van der Waals surface area contributed by atoms with E-state index in [4.69, 9.17) is 10.5 Å². The molecular formula is C8H9N3O3. The highest BCUT2D eigenvalue weighted by Gasteiger charge is 2.11. The molecule has 1 heterocycles. The van der Waals surface area contributed by atoms with Crippen molar-refractivity contribution in [3.05, 3.63) is 18.3 Å². The van der Waals surface area contributed by atoms with Crippen molar-refractivity contribution >= 4 is 17.5 Å². The summed E-state index contributed by atoms with van der Waals surface area (Å²) in [5, 5.41) is 2.26. The van der Waals surface area contributed by atoms with Crippen molar-refractivity contribution in [2.75, 3.05) is 12.4 Å². The van der Waals surface area contributed by atoms with Crippen molar-refractivity contribution in [1.82, 2.24) is 4.98 Å². The predicted molar refractivity (Wildman–Crippen MR) is 48.6 cm³/mol. The number of amides is 2. The van der Waals surface area contributed by atoms with Crippen LogP contribution in [0.5, 0.6) is 5.88 Å². The molecule has 0 aromatic carbocycles. The van der Waals surface area contributed by atoms with E-state index in [0.29, 0.717) is 5.69 Å². The molecule has 0 aliphatic heterocycles. The van der Waals surface area contributed by atoms with Crippen molar-refractivity contribution in [3.8, 4) is 5.88 Å². The maximum atomic E-state index is 10.9. The van der Waals surface area contributed by atoms with Gasteiger partial charge in [0.05, 0.1) is 7.11 Å². The monoisotopic (exact) mass is 195 g/mol. The number of primary amides is 1. The number of nitrogens with one attached hydrogen (secondary N) is 1. The normalized spacial score (nSPS) is 9.21. The molecule has 14 heavy (non-hydrogen) atoms. The Kier molecular flexibility index (Phi) is 3.01. The van der Waals surface area contributed by atoms with Gasteiger partial charge in [0.2, 0.25) is 5.88 Å². The highest BCUT2D eigenvalue weighted by Crippen LogP contribution is 2.19. The van der Waals surface area contributed by atoms with E-state index in [9.17, 15) is 9.59 Å². The van der Waals surface area contributed by atoms with Crippen LogP contribution < -0.4 is 15.8 Å². The first-order chi connectivity index (χ1) is 6.65. The number of carbonyl (C=O) groups is 2. The van der Waals surface area contributed by atoms with Crippen LogP contribution in [0.3, 0.4) is 0 Å². The summed E-state index contributed by atoms with van der Waals surface area (Å²) in [7, 11) is 1.41. The third-order valence-corrected chi connectivity index (χ3v) is 1.44. The SMILES string of the molecule is COc1ncccc1NC(=O)C(N)=O. The van der Waals surface area contributed by atoms with Crippen molar-refractivity contribution in [1.29, 1.82) is 0 Å². The number of aromatic nitrogens is 1. The Labute approximate surface area is 80.1 Å². The molecule has 1 rings (SSSR count). The van der Waals surface area contributed by atoms with E-state index in [-0.39, 0.29) is 5.88 Å². The fraction of sp³-hybridized carbons (Fsp3) is 0.125. The van der Waals surface area contributed by atoms with Gasteiger partial charge in [-0.25, -0.2) is 4.98 Å². The Morgan fingerprint density at radius 1 is 1.57 bits per heavy atom. The average molecular weight is 195 g/mol. The Hall–Kier alpha value is -2.11. The number of hydrogen-bond donors (Lipinski definition) is 2. The molecular weight excluding hydrogens is 186 g/mol. The smallest absolute Gasteiger partial charge is 0.313 e. The van der Waals surface area contributed by atoms with Gasteiger partial charge in [-0.1, -0.05) is 0 Å². The van der Waals surface area contributed by atoms with E-state index < -0.39 is 11.8 Å². The maximum absolute atomic E-state index is 10.9. The Morgan fingerprint density at radius 2 is 2.29 bits per heavy atom. The molecule has 0 unspecified atom stereocenters. The van der Waals surface area contributed by atoms with Crippen LogP contribution in [0.25, 0.3) is 0 Å². The van der Waals surface area contributed by atoms with E-state index >= 15 is 0 Å². The number of anilines is 1. The third kappa shape index (κ3) is 2.19. The number of nitrogens with zero attached hydrogens (tertiary/aromatic N) is 1. The molecule has 0 bridgehead atoms. The molecule has 0 atom stereocenters. The maximum Gasteiger partial charge on any atom is 0.313 e. The average Bonchev–Trinajstić information content (AvgIpc) is 2.18. The van der Waals surface area contributed by atoms with Gasteiger partial charge in [-0.15, -0.1) is 0 Å². The summed E-state index contributed by atoms with van der Waals surface area (Å²) in [5.74, 6) is -1.74. The van der Waals surface area contributed by atoms with Crippen LogP contribution in [0.2, 0.25) is 0 Å². The number of methoxy groups -OCH3 is 1. The van der Waals surface area contributed by atoms with Crippen LogP contribution in [0.4, 0.5) is 5.69 Å². The first kappa shape index (κ1) is 9.97. The van der Waals surface area contributed by atoms with Crippen molar-refractivity contribution in [2.24, 2.45) is 5.73 Å². The van der Waals surface area contributed by atoms with E-state index in [1.165, 1.54) is 13.3 Å². The molecule has 0 spiro atoms. The zero-order valence-corrected chi connectivity index (χ0v) is 7.48. The molecule has 1 aromatic heterocycles. The topological polar surface area (TPSA) is 94.3 Å². The minimum absolute atomic E-state index is 0.224. The Morgan fingerprint density at radius 3 is 2.86 bits per heavy atom. The van der Waals surface area contributed by atoms with Crippen LogP contribution in [0, 0.1) is 0 Å². The fourth-order valence-corrected chi connectivity index (χ4v) is 0.833. The number of hydrogen-bond acceptors (Lipinski definition) is 4. The quantitative estimate of drug-likeness (QED) is 0.623. The molecule has 0 aliphatic rings. The summed E-state index contributed by atoms with van der Waals surface area (Å²) in [6, 6.07) is 3.14. The summed E-state index contributed by atoms with van der Waals surface area (Å²) in [6.07, 6.45) is 1.50. The second kappa shape index (κ2) is 4.22. The predicted octanol–water partition coefficient (Wildman–Crippen LogP) is -0.486. The van der Waals surface area contributed by atoms with Gasteiger partial charge < -0.3 is 15.8 Å². The molecule has 1 aromatic rings. The van der Waals surface area contributed by atoms with Crippen LogP contribution in [-0.4, -0.2) is 23.9 Å². The summed E-state index contributed by atoms with van der Waals surface area (Å²) in [6.45, 7) is 0. The van der Waals surface area contributed by atoms with Gasteiger partial charge in [0.1, 0.15) is 5.69 Å². The zero-order valence-electron chi connectivity index (χ0n) is 7.48. The lowest BCUT2D eigenvalue weighted by Gasteiger charge is -2.06. The van der Waals surface area contributed by atoms with E-state index in [2.05, 4.69) is 10.3 Å². The lowest BCUT2D eigenvalue weighted by atomic mass is 10.4. The second-order valence-electron chi connectivity index (χ2n) is 2.38. The summed E-state index contributed by atoms with van der Waals surface area (Å²) in [4.78, 5) is 25.2. The molecule has 6 nitrogen and oxygen atoms in total. The number of rotatable bonds is 2. The highest BCUT2D eigenvalue weighted by atomic mass is 16.5. The van der Waals surface area contributed by atoms with Gasteiger partial charge >= 0.3 is 11.8 Å². The second-order valence-corrected chi connectivity index (χ2v) is 2.38. The van der Waals surface area contributed by atoms with E-state index in [0.717, 1.165) is 0 Å². The number of ether oxygens (including phenoxy) is 1. The van der Waals surface area contributed by atoms with Gasteiger partial charge in [-0.3, -0.25) is 9.59 Å². The Balaban J connectivity index is 2.85. The fourth-order valence-electron chi connectivity index (χ4n) is 0.833. The van der Waals surface area contributed by atoms with Crippen LogP contribution in [0.15, 0.2) is 18.3 Å². The molecule has 0 radical (unpaired) electrons. The largest absolute Gasteiger partial charge is 0.480 e.